The molecule has 4 nitrogen and oxygen atoms in total. The zero-order valence-corrected chi connectivity index (χ0v) is 37.3. The van der Waals surface area contributed by atoms with E-state index in [1.54, 1.807) is 0 Å². The van der Waals surface area contributed by atoms with E-state index < -0.39 is 16.1 Å². The van der Waals surface area contributed by atoms with E-state index in [-0.39, 0.29) is 22.3 Å². The van der Waals surface area contributed by atoms with Gasteiger partial charge in [0.1, 0.15) is 27.6 Å². The van der Waals surface area contributed by atoms with Crippen molar-refractivity contribution in [3.8, 4) is 34.0 Å². The van der Waals surface area contributed by atoms with Crippen molar-refractivity contribution in [2.45, 2.75) is 78.6 Å². The summed E-state index contributed by atoms with van der Waals surface area (Å²) >= 11 is 0. The fraction of sp³-hybridized carbons (Fsp3) is 0.231. The van der Waals surface area contributed by atoms with Crippen LogP contribution in [-0.2, 0) is 10.8 Å². The average molecular weight is 793 g/mol. The van der Waals surface area contributed by atoms with Crippen LogP contribution in [0, 0.1) is 0 Å². The summed E-state index contributed by atoms with van der Waals surface area (Å²) < 4.78 is 0. The molecule has 0 atom stereocenters. The van der Waals surface area contributed by atoms with Crippen LogP contribution in [0.2, 0.25) is 26.2 Å². The summed E-state index contributed by atoms with van der Waals surface area (Å²) in [6.45, 7) is 22.8. The summed E-state index contributed by atoms with van der Waals surface area (Å²) in [6, 6.07) is 38.4. The van der Waals surface area contributed by atoms with Gasteiger partial charge in [0.25, 0.3) is 0 Å². The van der Waals surface area contributed by atoms with E-state index in [1.165, 1.54) is 31.9 Å². The largest absolute Gasteiger partial charge is 0.507 e. The molecule has 0 radical (unpaired) electrons. The molecule has 2 aromatic heterocycles. The van der Waals surface area contributed by atoms with Gasteiger partial charge < -0.3 is 10.2 Å². The van der Waals surface area contributed by atoms with Crippen molar-refractivity contribution >= 4 is 70.9 Å². The van der Waals surface area contributed by atoms with Crippen LogP contribution in [-0.4, -0.2) is 36.3 Å². The zero-order chi connectivity index (χ0) is 41.1. The molecule has 290 valence electrons. The van der Waals surface area contributed by atoms with Gasteiger partial charge in [-0.05, 0) is 90.2 Å². The molecular formula is C52H52N2O2Si2. The lowest BCUT2D eigenvalue weighted by Gasteiger charge is -2.27. The number of pyridine rings is 2. The topological polar surface area (TPSA) is 66.2 Å². The molecule has 0 spiro atoms. The van der Waals surface area contributed by atoms with Gasteiger partial charge in [-0.15, -0.1) is 0 Å². The minimum absolute atomic E-state index is 0.160. The number of aromatic hydroxyl groups is 2. The first kappa shape index (κ1) is 38.0. The molecule has 0 aliphatic carbocycles. The summed E-state index contributed by atoms with van der Waals surface area (Å²) in [5.74, 6) is 0.527. The quantitative estimate of drug-likeness (QED) is 0.138. The van der Waals surface area contributed by atoms with Crippen LogP contribution in [0.1, 0.15) is 74.9 Å². The highest BCUT2D eigenvalue weighted by molar-refractivity contribution is 7.07. The van der Waals surface area contributed by atoms with Crippen molar-refractivity contribution in [2.75, 3.05) is 0 Å². The molecule has 58 heavy (non-hydrogen) atoms. The van der Waals surface area contributed by atoms with Crippen molar-refractivity contribution in [1.82, 2.24) is 9.97 Å². The van der Waals surface area contributed by atoms with E-state index in [1.807, 2.05) is 12.1 Å². The minimum Gasteiger partial charge on any atom is -0.507 e. The molecule has 0 unspecified atom stereocenters. The third-order valence-electron chi connectivity index (χ3n) is 12.8. The number of benzene rings is 5. The summed E-state index contributed by atoms with van der Waals surface area (Å²) in [5, 5.41) is 31.8. The number of phenolic OH excluding ortho intramolecular Hbond substituents is 2. The number of rotatable bonds is 4. The highest BCUT2D eigenvalue weighted by Gasteiger charge is 2.39. The van der Waals surface area contributed by atoms with Crippen molar-refractivity contribution in [1.29, 1.82) is 0 Å². The Morgan fingerprint density at radius 2 is 0.793 bits per heavy atom. The maximum atomic E-state index is 12.3. The third kappa shape index (κ3) is 5.99. The molecule has 4 heterocycles. The molecular weight excluding hydrogens is 741 g/mol. The fourth-order valence-electron chi connectivity index (χ4n) is 9.18. The molecule has 2 aliphatic rings. The van der Waals surface area contributed by atoms with Gasteiger partial charge in [0.05, 0.1) is 22.4 Å². The monoisotopic (exact) mass is 792 g/mol. The molecule has 0 bridgehead atoms. The first-order valence-electron chi connectivity index (χ1n) is 20.4. The molecule has 7 aromatic rings. The van der Waals surface area contributed by atoms with Crippen LogP contribution in [0.15, 0.2) is 109 Å². The van der Waals surface area contributed by atoms with Crippen LogP contribution in [0.25, 0.3) is 66.9 Å². The molecule has 0 fully saturated rings. The predicted molar refractivity (Wildman–Crippen MR) is 252 cm³/mol. The van der Waals surface area contributed by atoms with Gasteiger partial charge in [-0.25, -0.2) is 9.97 Å². The Morgan fingerprint density at radius 1 is 0.448 bits per heavy atom. The Kier molecular flexibility index (Phi) is 8.49. The van der Waals surface area contributed by atoms with Gasteiger partial charge >= 0.3 is 0 Å². The van der Waals surface area contributed by atoms with Crippen LogP contribution in [0.4, 0.5) is 0 Å². The molecule has 2 N–H and O–H groups in total. The van der Waals surface area contributed by atoms with Gasteiger partial charge in [0, 0.05) is 33.0 Å². The Labute approximate surface area is 344 Å². The van der Waals surface area contributed by atoms with Gasteiger partial charge in [0.2, 0.25) is 0 Å². The molecule has 0 saturated heterocycles. The first-order chi connectivity index (χ1) is 27.3. The Morgan fingerprint density at radius 3 is 1.16 bits per heavy atom. The molecule has 0 amide bonds. The summed E-state index contributed by atoms with van der Waals surface area (Å²) in [7, 11) is -4.19. The van der Waals surface area contributed by atoms with Crippen LogP contribution in [0.3, 0.4) is 0 Å². The molecule has 2 aliphatic heterocycles. The van der Waals surface area contributed by atoms with Crippen LogP contribution in [0.5, 0.6) is 11.5 Å². The van der Waals surface area contributed by atoms with Crippen molar-refractivity contribution in [2.24, 2.45) is 0 Å². The van der Waals surface area contributed by atoms with Gasteiger partial charge in [-0.3, -0.25) is 0 Å². The molecule has 9 rings (SSSR count). The smallest absolute Gasteiger partial charge is 0.132 e. The lowest BCUT2D eigenvalue weighted by molar-refractivity contribution is 0.474. The van der Waals surface area contributed by atoms with E-state index in [0.29, 0.717) is 11.4 Å². The van der Waals surface area contributed by atoms with Gasteiger partial charge in [-0.1, -0.05) is 153 Å². The standard InChI is InChI=1S/C52H52N2O2Si2/c1-51(2,3)35-27-37(49(55)39(29-35)45-25-33-15-11-13-17-43(33)57(45,7)8)41-23-21-31-19-20-32-22-24-42(54-48(32)47(31)53-41)38-28-36(52(4,5)6)30-40(50(38)56)46-26-34-16-12-14-18-44(34)58(46,9)10/h11-30,55-56H,1-10H3. The van der Waals surface area contributed by atoms with E-state index in [2.05, 4.69) is 177 Å². The van der Waals surface area contributed by atoms with Gasteiger partial charge in [0.15, 0.2) is 0 Å². The highest BCUT2D eigenvalue weighted by Crippen LogP contribution is 2.47. The summed E-state index contributed by atoms with van der Waals surface area (Å²) in [5.41, 5.74) is 10.6. The lowest BCUT2D eigenvalue weighted by atomic mass is 9.84. The van der Waals surface area contributed by atoms with E-state index in [0.717, 1.165) is 55.2 Å². The van der Waals surface area contributed by atoms with Crippen molar-refractivity contribution < 1.29 is 10.2 Å². The number of hydrogen-bond acceptors (Lipinski definition) is 4. The SMILES string of the molecule is CC(C)(C)c1cc(C2=Cc3ccccc3[Si]2(C)C)c(O)c(-c2ccc3ccc4ccc(-c5cc(C(C)(C)C)cc(C6=Cc7ccccc7[Si]6(C)C)c5O)nc4c3n2)c1. The van der Waals surface area contributed by atoms with Gasteiger partial charge in [-0.2, -0.15) is 0 Å². The third-order valence-corrected chi connectivity index (χ3v) is 19.9. The maximum Gasteiger partial charge on any atom is 0.132 e. The number of fused-ring (bicyclic) bond motifs is 5. The summed E-state index contributed by atoms with van der Waals surface area (Å²) in [6.07, 6.45) is 4.58. The molecule has 5 aromatic carbocycles. The van der Waals surface area contributed by atoms with Crippen LogP contribution >= 0.6 is 0 Å². The maximum absolute atomic E-state index is 12.3. The second-order valence-electron chi connectivity index (χ2n) is 19.5. The van der Waals surface area contributed by atoms with E-state index in [9.17, 15) is 10.2 Å². The predicted octanol–water partition coefficient (Wildman–Crippen LogP) is 12.1. The van der Waals surface area contributed by atoms with Crippen molar-refractivity contribution in [3.05, 3.63) is 143 Å². The summed E-state index contributed by atoms with van der Waals surface area (Å²) in [4.78, 5) is 10.7. The number of phenols is 2. The average Bonchev–Trinajstić information content (AvgIpc) is 3.61. The number of aromatic nitrogens is 2. The second kappa shape index (κ2) is 13.0. The Balaban J connectivity index is 1.22. The first-order valence-corrected chi connectivity index (χ1v) is 26.4. The normalized spacial score (nSPS) is 15.7. The number of nitrogens with zero attached hydrogens (tertiary/aromatic N) is 2. The molecule has 0 saturated carbocycles. The fourth-order valence-corrected chi connectivity index (χ4v) is 15.3. The van der Waals surface area contributed by atoms with Crippen LogP contribution < -0.4 is 10.4 Å². The highest BCUT2D eigenvalue weighted by atomic mass is 28.3. The Bertz CT molecular complexity index is 2740. The number of hydrogen-bond donors (Lipinski definition) is 2. The Hall–Kier alpha value is -5.57. The zero-order valence-electron chi connectivity index (χ0n) is 35.3. The van der Waals surface area contributed by atoms with E-state index in [4.69, 9.17) is 9.97 Å². The van der Waals surface area contributed by atoms with Crippen molar-refractivity contribution in [3.63, 3.8) is 0 Å². The minimum atomic E-state index is -2.10. The molecule has 6 heteroatoms. The lowest BCUT2D eigenvalue weighted by Crippen LogP contribution is -2.40. The second-order valence-corrected chi connectivity index (χ2v) is 28.1. The van der Waals surface area contributed by atoms with E-state index >= 15 is 0 Å².